The molecule has 0 amide bonds. The molecule has 2 aliphatic rings. The van der Waals surface area contributed by atoms with Gasteiger partial charge in [-0.25, -0.2) is 4.79 Å². The van der Waals surface area contributed by atoms with Crippen molar-refractivity contribution < 1.29 is 28.3 Å². The van der Waals surface area contributed by atoms with Gasteiger partial charge in [0.05, 0.1) is 36.9 Å². The second kappa shape index (κ2) is 8.93. The third-order valence-corrected chi connectivity index (χ3v) is 6.50. The fourth-order valence-corrected chi connectivity index (χ4v) is 4.93. The SMILES string of the molecule is CCOC(=O)C1=C(C)NC2=C(C(=O)[C@@H](C(=O)OC)[C@@H](C)C2)[C@H]1c1coc2ccc(C)cc2c1=O. The van der Waals surface area contributed by atoms with Crippen LogP contribution in [0.25, 0.3) is 11.0 Å². The quantitative estimate of drug-likeness (QED) is 0.541. The Kier molecular flexibility index (Phi) is 6.17. The minimum atomic E-state index is -1.04. The number of rotatable bonds is 4. The van der Waals surface area contributed by atoms with Gasteiger partial charge in [-0.2, -0.15) is 0 Å². The van der Waals surface area contributed by atoms with Crippen molar-refractivity contribution in [1.82, 2.24) is 5.32 Å². The van der Waals surface area contributed by atoms with Gasteiger partial charge >= 0.3 is 11.9 Å². The van der Waals surface area contributed by atoms with Crippen molar-refractivity contribution in [2.45, 2.75) is 40.0 Å². The van der Waals surface area contributed by atoms with E-state index in [2.05, 4.69) is 5.32 Å². The van der Waals surface area contributed by atoms with Crippen molar-refractivity contribution in [3.8, 4) is 0 Å². The molecule has 0 radical (unpaired) electrons. The Bertz CT molecular complexity index is 1330. The van der Waals surface area contributed by atoms with E-state index in [9.17, 15) is 19.2 Å². The van der Waals surface area contributed by atoms with Crippen molar-refractivity contribution in [2.24, 2.45) is 11.8 Å². The van der Waals surface area contributed by atoms with E-state index >= 15 is 0 Å². The number of Topliss-reactive ketones (excluding diaryl/α,β-unsaturated/α-hetero) is 1. The van der Waals surface area contributed by atoms with Crippen LogP contribution in [0.15, 0.2) is 56.2 Å². The number of hydrogen-bond acceptors (Lipinski definition) is 8. The van der Waals surface area contributed by atoms with E-state index in [4.69, 9.17) is 13.9 Å². The predicted molar refractivity (Wildman–Crippen MR) is 124 cm³/mol. The zero-order valence-corrected chi connectivity index (χ0v) is 19.8. The van der Waals surface area contributed by atoms with E-state index in [1.165, 1.54) is 13.4 Å². The molecule has 0 bridgehead atoms. The minimum absolute atomic E-state index is 0.121. The molecule has 3 atom stereocenters. The van der Waals surface area contributed by atoms with Crippen LogP contribution in [0.4, 0.5) is 0 Å². The third-order valence-electron chi connectivity index (χ3n) is 6.50. The number of carbonyl (C=O) groups excluding carboxylic acids is 3. The normalized spacial score (nSPS) is 22.4. The number of esters is 2. The van der Waals surface area contributed by atoms with Crippen molar-refractivity contribution in [1.29, 1.82) is 0 Å². The van der Waals surface area contributed by atoms with Gasteiger partial charge in [0, 0.05) is 22.5 Å². The van der Waals surface area contributed by atoms with Gasteiger partial charge in [-0.1, -0.05) is 18.6 Å². The van der Waals surface area contributed by atoms with E-state index in [0.717, 1.165) is 5.56 Å². The zero-order chi connectivity index (χ0) is 24.7. The molecule has 34 heavy (non-hydrogen) atoms. The lowest BCUT2D eigenvalue weighted by Gasteiger charge is -2.37. The predicted octanol–water partition coefficient (Wildman–Crippen LogP) is 3.28. The largest absolute Gasteiger partial charge is 0.468 e. The van der Waals surface area contributed by atoms with Gasteiger partial charge in [0.2, 0.25) is 0 Å². The van der Waals surface area contributed by atoms with Gasteiger partial charge in [0.15, 0.2) is 11.2 Å². The average Bonchev–Trinajstić information content (AvgIpc) is 2.78. The van der Waals surface area contributed by atoms with Crippen LogP contribution >= 0.6 is 0 Å². The Morgan fingerprint density at radius 1 is 1.21 bits per heavy atom. The fraction of sp³-hybridized carbons (Fsp3) is 0.385. The summed E-state index contributed by atoms with van der Waals surface area (Å²) < 4.78 is 15.9. The van der Waals surface area contributed by atoms with Gasteiger partial charge in [-0.15, -0.1) is 0 Å². The summed E-state index contributed by atoms with van der Waals surface area (Å²) in [5, 5.41) is 3.51. The lowest BCUT2D eigenvalue weighted by atomic mass is 9.69. The number of aryl methyl sites for hydroxylation is 1. The number of dihydropyridines is 1. The van der Waals surface area contributed by atoms with Crippen molar-refractivity contribution in [3.63, 3.8) is 0 Å². The van der Waals surface area contributed by atoms with Gasteiger partial charge in [0.1, 0.15) is 11.5 Å². The number of benzene rings is 1. The summed E-state index contributed by atoms with van der Waals surface area (Å²) in [4.78, 5) is 52.9. The molecule has 1 N–H and O–H groups in total. The van der Waals surface area contributed by atoms with Crippen LogP contribution in [-0.2, 0) is 23.9 Å². The van der Waals surface area contributed by atoms with Crippen LogP contribution in [0, 0.1) is 18.8 Å². The smallest absolute Gasteiger partial charge is 0.336 e. The molecular formula is C26H27NO7. The van der Waals surface area contributed by atoms with Crippen molar-refractivity contribution in [3.05, 3.63) is 68.4 Å². The second-order valence-electron chi connectivity index (χ2n) is 8.78. The molecule has 0 unspecified atom stereocenters. The average molecular weight is 466 g/mol. The molecule has 1 aliphatic carbocycles. The molecule has 8 nitrogen and oxygen atoms in total. The topological polar surface area (TPSA) is 112 Å². The summed E-state index contributed by atoms with van der Waals surface area (Å²) in [6.45, 7) is 7.16. The second-order valence-corrected chi connectivity index (χ2v) is 8.78. The maximum absolute atomic E-state index is 13.7. The standard InChI is InChI=1S/C26H27NO7/c1-6-33-26(31)20-14(4)27-17-10-13(3)19(25(30)32-5)24(29)22(17)21(20)16-11-34-18-8-7-12(2)9-15(18)23(16)28/h7-9,11,13,19,21,27H,6,10H2,1-5H3/t13-,19-,21-/m0/s1. The first kappa shape index (κ1) is 23.5. The number of fused-ring (bicyclic) bond motifs is 1. The molecule has 178 valence electrons. The zero-order valence-electron chi connectivity index (χ0n) is 19.8. The lowest BCUT2D eigenvalue weighted by Crippen LogP contribution is -2.44. The molecular weight excluding hydrogens is 438 g/mol. The van der Waals surface area contributed by atoms with E-state index in [-0.39, 0.29) is 34.7 Å². The summed E-state index contributed by atoms with van der Waals surface area (Å²) >= 11 is 0. The van der Waals surface area contributed by atoms with Gasteiger partial charge in [-0.05, 0) is 45.2 Å². The summed E-state index contributed by atoms with van der Waals surface area (Å²) in [5.74, 6) is -4.16. The highest BCUT2D eigenvalue weighted by atomic mass is 16.5. The van der Waals surface area contributed by atoms with Gasteiger partial charge < -0.3 is 19.2 Å². The number of ether oxygens (including phenoxy) is 2. The van der Waals surface area contributed by atoms with Crippen LogP contribution in [0.3, 0.4) is 0 Å². The first-order valence-electron chi connectivity index (χ1n) is 11.2. The number of ketones is 1. The molecule has 4 rings (SSSR count). The highest BCUT2D eigenvalue weighted by molar-refractivity contribution is 6.12. The third kappa shape index (κ3) is 3.73. The summed E-state index contributed by atoms with van der Waals surface area (Å²) in [6.07, 6.45) is 1.67. The number of hydrogen-bond donors (Lipinski definition) is 1. The van der Waals surface area contributed by atoms with Gasteiger partial charge in [0.25, 0.3) is 0 Å². The Morgan fingerprint density at radius 3 is 2.62 bits per heavy atom. The van der Waals surface area contributed by atoms with Crippen LogP contribution in [0.2, 0.25) is 0 Å². The van der Waals surface area contributed by atoms with Crippen LogP contribution in [-0.4, -0.2) is 31.4 Å². The van der Waals surface area contributed by atoms with Crippen LogP contribution in [0.1, 0.15) is 44.2 Å². The number of carbonyl (C=O) groups is 3. The van der Waals surface area contributed by atoms with E-state index in [1.54, 1.807) is 32.9 Å². The molecule has 1 aromatic carbocycles. The Balaban J connectivity index is 1.99. The lowest BCUT2D eigenvalue weighted by molar-refractivity contribution is -0.151. The summed E-state index contributed by atoms with van der Waals surface area (Å²) in [5.41, 5.74) is 2.47. The summed E-state index contributed by atoms with van der Waals surface area (Å²) in [7, 11) is 1.23. The molecule has 1 aliphatic heterocycles. The first-order valence-corrected chi connectivity index (χ1v) is 11.2. The molecule has 0 fully saturated rings. The highest BCUT2D eigenvalue weighted by Crippen LogP contribution is 2.45. The Hall–Kier alpha value is -3.68. The minimum Gasteiger partial charge on any atom is -0.468 e. The number of methoxy groups -OCH3 is 1. The molecule has 0 saturated carbocycles. The van der Waals surface area contributed by atoms with Crippen LogP contribution < -0.4 is 10.7 Å². The maximum atomic E-state index is 13.7. The van der Waals surface area contributed by atoms with Crippen LogP contribution in [0.5, 0.6) is 0 Å². The Labute approximate surface area is 196 Å². The maximum Gasteiger partial charge on any atom is 0.336 e. The molecule has 8 heteroatoms. The molecule has 0 saturated heterocycles. The van der Waals surface area contributed by atoms with E-state index < -0.39 is 29.6 Å². The van der Waals surface area contributed by atoms with Crippen molar-refractivity contribution >= 4 is 28.7 Å². The summed E-state index contributed by atoms with van der Waals surface area (Å²) in [6, 6.07) is 5.25. The van der Waals surface area contributed by atoms with Gasteiger partial charge in [-0.3, -0.25) is 14.4 Å². The number of allylic oxidation sites excluding steroid dienone is 3. The molecule has 2 aromatic rings. The molecule has 0 spiro atoms. The fourth-order valence-electron chi connectivity index (χ4n) is 4.93. The van der Waals surface area contributed by atoms with Crippen molar-refractivity contribution in [2.75, 3.05) is 13.7 Å². The number of nitrogens with one attached hydrogen (secondary N) is 1. The highest BCUT2D eigenvalue weighted by Gasteiger charge is 2.48. The molecule has 2 heterocycles. The van der Waals surface area contributed by atoms with E-state index in [0.29, 0.717) is 28.8 Å². The van der Waals surface area contributed by atoms with E-state index in [1.807, 2.05) is 13.0 Å². The Morgan fingerprint density at radius 2 is 1.94 bits per heavy atom. The molecule has 1 aromatic heterocycles. The monoisotopic (exact) mass is 465 g/mol. The first-order chi connectivity index (χ1) is 16.2.